The van der Waals surface area contributed by atoms with Gasteiger partial charge in [0.25, 0.3) is 0 Å². The van der Waals surface area contributed by atoms with Crippen LogP contribution in [0.15, 0.2) is 18.2 Å². The molecule has 1 aromatic rings. The first-order valence-corrected chi connectivity index (χ1v) is 5.75. The maximum absolute atomic E-state index is 9.57. The van der Waals surface area contributed by atoms with Gasteiger partial charge in [0.1, 0.15) is 12.4 Å². The van der Waals surface area contributed by atoms with Crippen molar-refractivity contribution in [2.75, 3.05) is 6.61 Å². The van der Waals surface area contributed by atoms with Crippen molar-refractivity contribution in [3.63, 3.8) is 0 Å². The van der Waals surface area contributed by atoms with E-state index in [1.165, 1.54) is 11.1 Å². The molecule has 0 atom stereocenters. The Balaban J connectivity index is 2.74. The highest BCUT2D eigenvalue weighted by Crippen LogP contribution is 2.23. The molecule has 16 heavy (non-hydrogen) atoms. The minimum atomic E-state index is -0.787. The lowest BCUT2D eigenvalue weighted by Gasteiger charge is -2.19. The average molecular weight is 222 g/mol. The second kappa shape index (κ2) is 4.88. The van der Waals surface area contributed by atoms with E-state index in [1.807, 2.05) is 12.1 Å². The molecule has 2 heteroatoms. The zero-order valence-electron chi connectivity index (χ0n) is 10.9. The Labute approximate surface area is 98.3 Å². The summed E-state index contributed by atoms with van der Waals surface area (Å²) in [6.07, 6.45) is 0. The second-order valence-corrected chi connectivity index (χ2v) is 5.27. The number of benzene rings is 1. The van der Waals surface area contributed by atoms with Crippen LogP contribution < -0.4 is 4.74 Å². The molecule has 0 saturated heterocycles. The van der Waals surface area contributed by atoms with E-state index in [0.29, 0.717) is 12.5 Å². The van der Waals surface area contributed by atoms with Crippen LogP contribution in [0.1, 0.15) is 44.7 Å². The predicted octanol–water partition coefficient (Wildman–Crippen LogP) is 3.27. The highest BCUT2D eigenvalue weighted by Gasteiger charge is 2.13. The zero-order chi connectivity index (χ0) is 12.3. The fraction of sp³-hybridized carbons (Fsp3) is 0.571. The van der Waals surface area contributed by atoms with Crippen LogP contribution in [0.25, 0.3) is 0 Å². The van der Waals surface area contributed by atoms with Gasteiger partial charge in [0.15, 0.2) is 0 Å². The van der Waals surface area contributed by atoms with Gasteiger partial charge in [-0.2, -0.15) is 0 Å². The number of hydrogen-bond acceptors (Lipinski definition) is 2. The maximum Gasteiger partial charge on any atom is 0.119 e. The number of ether oxygens (including phenoxy) is 1. The predicted molar refractivity (Wildman–Crippen MR) is 67.1 cm³/mol. The van der Waals surface area contributed by atoms with Gasteiger partial charge >= 0.3 is 0 Å². The standard InChI is InChI=1S/C14H22O2/c1-10(2)13-7-6-12(8-11(13)3)16-9-14(4,5)15/h6-8,10,15H,9H2,1-5H3. The van der Waals surface area contributed by atoms with Gasteiger partial charge in [-0.05, 0) is 49.9 Å². The lowest BCUT2D eigenvalue weighted by Crippen LogP contribution is -2.27. The van der Waals surface area contributed by atoms with Crippen LogP contribution in [0, 0.1) is 6.92 Å². The van der Waals surface area contributed by atoms with Crippen LogP contribution in [0.3, 0.4) is 0 Å². The lowest BCUT2D eigenvalue weighted by atomic mass is 9.98. The third-order valence-corrected chi connectivity index (χ3v) is 2.46. The van der Waals surface area contributed by atoms with E-state index < -0.39 is 5.60 Å². The van der Waals surface area contributed by atoms with Crippen LogP contribution in [0.5, 0.6) is 5.75 Å². The minimum absolute atomic E-state index is 0.313. The Hall–Kier alpha value is -1.02. The summed E-state index contributed by atoms with van der Waals surface area (Å²) in [4.78, 5) is 0. The van der Waals surface area contributed by atoms with Gasteiger partial charge in [0.2, 0.25) is 0 Å². The van der Waals surface area contributed by atoms with Crippen molar-refractivity contribution in [3.8, 4) is 5.75 Å². The molecule has 2 nitrogen and oxygen atoms in total. The lowest BCUT2D eigenvalue weighted by molar-refractivity contribution is 0.0284. The van der Waals surface area contributed by atoms with E-state index in [0.717, 1.165) is 5.75 Å². The molecule has 0 bridgehead atoms. The fourth-order valence-corrected chi connectivity index (χ4v) is 1.65. The van der Waals surface area contributed by atoms with Crippen molar-refractivity contribution in [2.24, 2.45) is 0 Å². The topological polar surface area (TPSA) is 29.5 Å². The molecule has 0 aromatic heterocycles. The second-order valence-electron chi connectivity index (χ2n) is 5.27. The first-order valence-electron chi connectivity index (χ1n) is 5.75. The van der Waals surface area contributed by atoms with Crippen molar-refractivity contribution >= 4 is 0 Å². The molecule has 1 N–H and O–H groups in total. The van der Waals surface area contributed by atoms with Gasteiger partial charge in [0, 0.05) is 0 Å². The van der Waals surface area contributed by atoms with Gasteiger partial charge in [-0.1, -0.05) is 19.9 Å². The van der Waals surface area contributed by atoms with E-state index in [2.05, 4.69) is 26.8 Å². The summed E-state index contributed by atoms with van der Waals surface area (Å²) in [5.41, 5.74) is 1.80. The van der Waals surface area contributed by atoms with Crippen LogP contribution in [0.4, 0.5) is 0 Å². The zero-order valence-corrected chi connectivity index (χ0v) is 10.9. The fourth-order valence-electron chi connectivity index (χ4n) is 1.65. The van der Waals surface area contributed by atoms with Crippen LogP contribution >= 0.6 is 0 Å². The molecule has 0 saturated carbocycles. The van der Waals surface area contributed by atoms with Crippen LogP contribution in [-0.4, -0.2) is 17.3 Å². The summed E-state index contributed by atoms with van der Waals surface area (Å²) in [5, 5.41) is 9.57. The van der Waals surface area contributed by atoms with E-state index in [-0.39, 0.29) is 0 Å². The molecule has 0 amide bonds. The molecular weight excluding hydrogens is 200 g/mol. The molecule has 0 fully saturated rings. The van der Waals surface area contributed by atoms with Crippen molar-refractivity contribution in [1.82, 2.24) is 0 Å². The SMILES string of the molecule is Cc1cc(OCC(C)(C)O)ccc1C(C)C. The molecular formula is C14H22O2. The van der Waals surface area contributed by atoms with E-state index in [1.54, 1.807) is 13.8 Å². The van der Waals surface area contributed by atoms with Gasteiger partial charge in [-0.15, -0.1) is 0 Å². The Morgan fingerprint density at radius 1 is 1.31 bits per heavy atom. The molecule has 90 valence electrons. The molecule has 0 aliphatic carbocycles. The van der Waals surface area contributed by atoms with Gasteiger partial charge in [0.05, 0.1) is 5.60 Å². The maximum atomic E-state index is 9.57. The molecule has 0 aliphatic rings. The normalized spacial score (nSPS) is 11.9. The van der Waals surface area contributed by atoms with Crippen molar-refractivity contribution in [2.45, 2.75) is 46.1 Å². The summed E-state index contributed by atoms with van der Waals surface area (Å²) >= 11 is 0. The minimum Gasteiger partial charge on any atom is -0.491 e. The first kappa shape index (κ1) is 13.0. The first-order chi connectivity index (χ1) is 7.29. The summed E-state index contributed by atoms with van der Waals surface area (Å²) in [7, 11) is 0. The number of hydrogen-bond donors (Lipinski definition) is 1. The van der Waals surface area contributed by atoms with Crippen LogP contribution in [-0.2, 0) is 0 Å². The molecule has 1 rings (SSSR count). The Kier molecular flexibility index (Phi) is 3.98. The average Bonchev–Trinajstić information content (AvgIpc) is 2.13. The van der Waals surface area contributed by atoms with Gasteiger partial charge in [-0.3, -0.25) is 0 Å². The summed E-state index contributed by atoms with van der Waals surface area (Å²) < 4.78 is 5.54. The van der Waals surface area contributed by atoms with Crippen molar-refractivity contribution < 1.29 is 9.84 Å². The Bertz CT molecular complexity index is 348. The van der Waals surface area contributed by atoms with Crippen molar-refractivity contribution in [1.29, 1.82) is 0 Å². The highest BCUT2D eigenvalue weighted by molar-refractivity contribution is 5.36. The highest BCUT2D eigenvalue weighted by atomic mass is 16.5. The molecule has 0 radical (unpaired) electrons. The molecule has 0 spiro atoms. The third-order valence-electron chi connectivity index (χ3n) is 2.46. The van der Waals surface area contributed by atoms with E-state index >= 15 is 0 Å². The third kappa shape index (κ3) is 3.86. The van der Waals surface area contributed by atoms with Gasteiger partial charge < -0.3 is 9.84 Å². The van der Waals surface area contributed by atoms with Gasteiger partial charge in [-0.25, -0.2) is 0 Å². The monoisotopic (exact) mass is 222 g/mol. The number of rotatable bonds is 4. The number of aryl methyl sites for hydroxylation is 1. The molecule has 0 aliphatic heterocycles. The quantitative estimate of drug-likeness (QED) is 0.847. The Morgan fingerprint density at radius 2 is 1.94 bits per heavy atom. The number of aliphatic hydroxyl groups is 1. The molecule has 1 aromatic carbocycles. The Morgan fingerprint density at radius 3 is 2.38 bits per heavy atom. The van der Waals surface area contributed by atoms with Crippen LogP contribution in [0.2, 0.25) is 0 Å². The smallest absolute Gasteiger partial charge is 0.119 e. The summed E-state index contributed by atoms with van der Waals surface area (Å²) in [6.45, 7) is 10.2. The van der Waals surface area contributed by atoms with E-state index in [9.17, 15) is 5.11 Å². The largest absolute Gasteiger partial charge is 0.491 e. The van der Waals surface area contributed by atoms with E-state index in [4.69, 9.17) is 4.74 Å². The molecule has 0 unspecified atom stereocenters. The van der Waals surface area contributed by atoms with Crippen molar-refractivity contribution in [3.05, 3.63) is 29.3 Å². The molecule has 0 heterocycles. The summed E-state index contributed by atoms with van der Waals surface area (Å²) in [5.74, 6) is 1.35. The summed E-state index contributed by atoms with van der Waals surface area (Å²) in [6, 6.07) is 6.09.